The lowest BCUT2D eigenvalue weighted by molar-refractivity contribution is 0.742. The molecule has 0 N–H and O–H groups in total. The zero-order valence-electron chi connectivity index (χ0n) is 14.2. The van der Waals surface area contributed by atoms with Gasteiger partial charge in [-0.3, -0.25) is 0 Å². The summed E-state index contributed by atoms with van der Waals surface area (Å²) in [7, 11) is 0. The average molecular weight is 349 g/mol. The van der Waals surface area contributed by atoms with E-state index in [4.69, 9.17) is 23.2 Å². The molecule has 2 rings (SSSR count). The second kappa shape index (κ2) is 8.76. The second-order valence-corrected chi connectivity index (χ2v) is 7.82. The van der Waals surface area contributed by atoms with Crippen LogP contribution in [0.2, 0.25) is 0 Å². The van der Waals surface area contributed by atoms with Gasteiger partial charge in [-0.2, -0.15) is 0 Å². The molecule has 0 aliphatic heterocycles. The molecule has 0 saturated carbocycles. The van der Waals surface area contributed by atoms with Gasteiger partial charge in [0.05, 0.1) is 0 Å². The van der Waals surface area contributed by atoms with Crippen molar-refractivity contribution < 1.29 is 0 Å². The molecule has 2 unspecified atom stereocenters. The predicted molar refractivity (Wildman–Crippen MR) is 103 cm³/mol. The molecule has 0 spiro atoms. The summed E-state index contributed by atoms with van der Waals surface area (Å²) in [6, 6.07) is 17.4. The van der Waals surface area contributed by atoms with Gasteiger partial charge in [0.1, 0.15) is 0 Å². The highest BCUT2D eigenvalue weighted by atomic mass is 35.5. The molecule has 0 bridgehead atoms. The van der Waals surface area contributed by atoms with Crippen LogP contribution in [0.4, 0.5) is 0 Å². The van der Waals surface area contributed by atoms with Crippen molar-refractivity contribution in [2.24, 2.45) is 0 Å². The number of rotatable bonds is 7. The number of alkyl halides is 2. The van der Waals surface area contributed by atoms with Crippen molar-refractivity contribution in [1.82, 2.24) is 0 Å². The molecule has 0 amide bonds. The minimum absolute atomic E-state index is 0.145. The van der Waals surface area contributed by atoms with Gasteiger partial charge in [-0.15, -0.1) is 23.2 Å². The maximum atomic E-state index is 6.26. The number of benzene rings is 2. The first-order chi connectivity index (χ1) is 11.0. The lowest BCUT2D eigenvalue weighted by Gasteiger charge is -2.23. The van der Waals surface area contributed by atoms with Gasteiger partial charge >= 0.3 is 0 Å². The van der Waals surface area contributed by atoms with Crippen LogP contribution in [-0.4, -0.2) is 10.8 Å². The van der Waals surface area contributed by atoms with E-state index in [2.05, 4.69) is 69.3 Å². The molecule has 124 valence electrons. The van der Waals surface area contributed by atoms with Gasteiger partial charge in [-0.25, -0.2) is 0 Å². The third-order valence-electron chi connectivity index (χ3n) is 4.27. The van der Waals surface area contributed by atoms with Crippen molar-refractivity contribution in [1.29, 1.82) is 0 Å². The first-order valence-electron chi connectivity index (χ1n) is 8.46. The van der Waals surface area contributed by atoms with Crippen LogP contribution in [0.3, 0.4) is 0 Å². The van der Waals surface area contributed by atoms with Gasteiger partial charge in [-0.1, -0.05) is 55.5 Å². The van der Waals surface area contributed by atoms with Crippen LogP contribution in [0.5, 0.6) is 0 Å². The molecule has 0 radical (unpaired) electrons. The van der Waals surface area contributed by atoms with Crippen LogP contribution >= 0.6 is 23.2 Å². The first-order valence-corrected chi connectivity index (χ1v) is 9.34. The molecule has 0 aromatic heterocycles. The Morgan fingerprint density at radius 2 is 1.13 bits per heavy atom. The van der Waals surface area contributed by atoms with E-state index in [1.165, 1.54) is 22.3 Å². The van der Waals surface area contributed by atoms with Crippen LogP contribution in [-0.2, 0) is 12.8 Å². The highest BCUT2D eigenvalue weighted by molar-refractivity contribution is 6.20. The van der Waals surface area contributed by atoms with Crippen molar-refractivity contribution in [3.05, 3.63) is 70.8 Å². The number of halogens is 2. The third kappa shape index (κ3) is 4.99. The number of hydrogen-bond acceptors (Lipinski definition) is 0. The number of hydrogen-bond donors (Lipinski definition) is 0. The largest absolute Gasteiger partial charge is 0.123 e. The average Bonchev–Trinajstić information content (AvgIpc) is 2.50. The topological polar surface area (TPSA) is 0 Å². The molecule has 0 nitrogen and oxygen atoms in total. The van der Waals surface area contributed by atoms with Crippen LogP contribution in [0, 0.1) is 0 Å². The van der Waals surface area contributed by atoms with Crippen molar-refractivity contribution in [2.75, 3.05) is 0 Å². The van der Waals surface area contributed by atoms with E-state index in [9.17, 15) is 0 Å². The minimum atomic E-state index is 0.145. The maximum Gasteiger partial charge on any atom is 0.0348 e. The summed E-state index contributed by atoms with van der Waals surface area (Å²) in [5.41, 5.74) is 5.51. The fourth-order valence-electron chi connectivity index (χ4n) is 3.33. The lowest BCUT2D eigenvalue weighted by Crippen LogP contribution is -2.10. The minimum Gasteiger partial charge on any atom is -0.123 e. The molecule has 23 heavy (non-hydrogen) atoms. The molecule has 2 heteroatoms. The van der Waals surface area contributed by atoms with Gasteiger partial charge in [0.25, 0.3) is 0 Å². The highest BCUT2D eigenvalue weighted by Crippen LogP contribution is 2.34. The smallest absolute Gasteiger partial charge is 0.0348 e. The Hall–Kier alpha value is -0.980. The third-order valence-corrected chi connectivity index (χ3v) is 4.58. The van der Waals surface area contributed by atoms with Crippen LogP contribution in [0.1, 0.15) is 55.4 Å². The summed E-state index contributed by atoms with van der Waals surface area (Å²) in [5, 5.41) is 0.290. The van der Waals surface area contributed by atoms with E-state index in [1.54, 1.807) is 0 Å². The van der Waals surface area contributed by atoms with Gasteiger partial charge in [-0.05, 0) is 55.4 Å². The summed E-state index contributed by atoms with van der Waals surface area (Å²) in [5.74, 6) is 0.397. The molecule has 0 aliphatic carbocycles. The summed E-state index contributed by atoms with van der Waals surface area (Å²) >= 11 is 12.5. The molecule has 0 aliphatic rings. The van der Waals surface area contributed by atoms with E-state index in [-0.39, 0.29) is 10.8 Å². The Morgan fingerprint density at radius 1 is 0.739 bits per heavy atom. The summed E-state index contributed by atoms with van der Waals surface area (Å²) in [6.07, 6.45) is 2.88. The SMILES string of the molecule is CCC(c1ccccc1CC(C)Cl)c1ccccc1CC(C)Cl. The second-order valence-electron chi connectivity index (χ2n) is 6.33. The normalized spacial score (nSPS) is 15.2. The Kier molecular flexibility index (Phi) is 6.99. The standard InChI is InChI=1S/C21H26Cl2/c1-4-19(20-11-7-5-9-17(20)13-15(2)22)21-12-8-6-10-18(21)14-16(3)23/h5-12,15-16,19H,4,13-14H2,1-3H3. The van der Waals surface area contributed by atoms with Crippen LogP contribution in [0.25, 0.3) is 0 Å². The first kappa shape index (κ1) is 18.4. The lowest BCUT2D eigenvalue weighted by atomic mass is 9.82. The zero-order valence-corrected chi connectivity index (χ0v) is 15.7. The Balaban J connectivity index is 2.45. The molecule has 0 fully saturated rings. The van der Waals surface area contributed by atoms with Gasteiger partial charge in [0.15, 0.2) is 0 Å². The fourth-order valence-corrected chi connectivity index (χ4v) is 3.67. The highest BCUT2D eigenvalue weighted by Gasteiger charge is 2.19. The van der Waals surface area contributed by atoms with Gasteiger partial charge < -0.3 is 0 Å². The van der Waals surface area contributed by atoms with Crippen molar-refractivity contribution >= 4 is 23.2 Å². The summed E-state index contributed by atoms with van der Waals surface area (Å²) in [6.45, 7) is 6.37. The van der Waals surface area contributed by atoms with E-state index >= 15 is 0 Å². The van der Waals surface area contributed by atoms with Crippen molar-refractivity contribution in [2.45, 2.75) is 56.7 Å². The Bertz CT molecular complexity index is 563. The summed E-state index contributed by atoms with van der Waals surface area (Å²) in [4.78, 5) is 0. The molecule has 0 heterocycles. The van der Waals surface area contributed by atoms with E-state index in [0.29, 0.717) is 5.92 Å². The maximum absolute atomic E-state index is 6.26. The molecule has 2 aromatic carbocycles. The van der Waals surface area contributed by atoms with E-state index in [1.807, 2.05) is 0 Å². The predicted octanol–water partition coefficient (Wildman–Crippen LogP) is 6.57. The van der Waals surface area contributed by atoms with Gasteiger partial charge in [0.2, 0.25) is 0 Å². The van der Waals surface area contributed by atoms with Crippen LogP contribution in [0.15, 0.2) is 48.5 Å². The Labute approximate surface area is 150 Å². The zero-order chi connectivity index (χ0) is 16.8. The monoisotopic (exact) mass is 348 g/mol. The molecule has 2 aromatic rings. The fraction of sp³-hybridized carbons (Fsp3) is 0.429. The molecule has 2 atom stereocenters. The van der Waals surface area contributed by atoms with Crippen LogP contribution < -0.4 is 0 Å². The van der Waals surface area contributed by atoms with Crippen molar-refractivity contribution in [3.63, 3.8) is 0 Å². The molecule has 0 saturated heterocycles. The van der Waals surface area contributed by atoms with Gasteiger partial charge in [0, 0.05) is 16.7 Å². The van der Waals surface area contributed by atoms with Crippen molar-refractivity contribution in [3.8, 4) is 0 Å². The van der Waals surface area contributed by atoms with E-state index in [0.717, 1.165) is 19.3 Å². The molecular formula is C21H26Cl2. The molecular weight excluding hydrogens is 323 g/mol. The Morgan fingerprint density at radius 3 is 1.48 bits per heavy atom. The quantitative estimate of drug-likeness (QED) is 0.496. The summed E-state index contributed by atoms with van der Waals surface area (Å²) < 4.78 is 0. The van der Waals surface area contributed by atoms with E-state index < -0.39 is 0 Å².